The van der Waals surface area contributed by atoms with Gasteiger partial charge in [0.25, 0.3) is 0 Å². The zero-order chi connectivity index (χ0) is 11.5. The van der Waals surface area contributed by atoms with E-state index >= 15 is 0 Å². The van der Waals surface area contributed by atoms with Crippen molar-refractivity contribution in [1.29, 1.82) is 0 Å². The molecular formula is C14H17N3. The summed E-state index contributed by atoms with van der Waals surface area (Å²) in [7, 11) is 0. The van der Waals surface area contributed by atoms with E-state index in [-0.39, 0.29) is 0 Å². The van der Waals surface area contributed by atoms with Crippen molar-refractivity contribution in [3.63, 3.8) is 0 Å². The van der Waals surface area contributed by atoms with E-state index in [1.165, 1.54) is 18.5 Å². The van der Waals surface area contributed by atoms with Crippen LogP contribution in [0.5, 0.6) is 0 Å². The highest BCUT2D eigenvalue weighted by Crippen LogP contribution is 2.22. The number of hydrogen-bond donors (Lipinski definition) is 0. The molecule has 3 rings (SSSR count). The van der Waals surface area contributed by atoms with Crippen molar-refractivity contribution in [3.05, 3.63) is 54.6 Å². The van der Waals surface area contributed by atoms with Gasteiger partial charge in [-0.1, -0.05) is 30.3 Å². The summed E-state index contributed by atoms with van der Waals surface area (Å²) in [5.74, 6) is 0. The van der Waals surface area contributed by atoms with Crippen molar-refractivity contribution in [1.82, 2.24) is 14.5 Å². The van der Waals surface area contributed by atoms with Gasteiger partial charge < -0.3 is 4.57 Å². The van der Waals surface area contributed by atoms with Crippen LogP contribution in [0.1, 0.15) is 18.0 Å². The molecule has 1 aliphatic rings. The van der Waals surface area contributed by atoms with E-state index in [2.05, 4.69) is 51.0 Å². The van der Waals surface area contributed by atoms with Gasteiger partial charge in [-0.25, -0.2) is 4.98 Å². The van der Waals surface area contributed by atoms with E-state index < -0.39 is 0 Å². The van der Waals surface area contributed by atoms with Gasteiger partial charge in [0, 0.05) is 38.1 Å². The first-order valence-corrected chi connectivity index (χ1v) is 6.15. The van der Waals surface area contributed by atoms with Crippen LogP contribution in [0.3, 0.4) is 0 Å². The fourth-order valence-electron chi connectivity index (χ4n) is 2.53. The van der Waals surface area contributed by atoms with Crippen LogP contribution in [0.25, 0.3) is 0 Å². The van der Waals surface area contributed by atoms with Gasteiger partial charge in [0.05, 0.1) is 6.33 Å². The maximum absolute atomic E-state index is 4.12. The summed E-state index contributed by atoms with van der Waals surface area (Å²) >= 11 is 0. The molecule has 1 aromatic heterocycles. The largest absolute Gasteiger partial charge is 0.333 e. The number of likely N-dealkylation sites (tertiary alicyclic amines) is 1. The minimum Gasteiger partial charge on any atom is -0.333 e. The van der Waals surface area contributed by atoms with Gasteiger partial charge in [-0.3, -0.25) is 4.90 Å². The third kappa shape index (κ3) is 2.39. The van der Waals surface area contributed by atoms with Crippen LogP contribution < -0.4 is 0 Å². The summed E-state index contributed by atoms with van der Waals surface area (Å²) in [4.78, 5) is 6.63. The van der Waals surface area contributed by atoms with E-state index in [0.717, 1.165) is 13.1 Å². The van der Waals surface area contributed by atoms with Gasteiger partial charge >= 0.3 is 0 Å². The van der Waals surface area contributed by atoms with Crippen LogP contribution in [0.2, 0.25) is 0 Å². The van der Waals surface area contributed by atoms with Crippen LogP contribution in [0, 0.1) is 0 Å². The lowest BCUT2D eigenvalue weighted by Gasteiger charge is -2.16. The monoisotopic (exact) mass is 227 g/mol. The summed E-state index contributed by atoms with van der Waals surface area (Å²) in [6, 6.07) is 11.3. The first-order valence-electron chi connectivity index (χ1n) is 6.15. The van der Waals surface area contributed by atoms with Crippen LogP contribution in [-0.4, -0.2) is 27.5 Å². The van der Waals surface area contributed by atoms with Gasteiger partial charge in [0.1, 0.15) is 0 Å². The summed E-state index contributed by atoms with van der Waals surface area (Å²) < 4.78 is 2.23. The average molecular weight is 227 g/mol. The summed E-state index contributed by atoms with van der Waals surface area (Å²) in [5.41, 5.74) is 1.40. The Balaban J connectivity index is 1.61. The Bertz CT molecular complexity index is 450. The second-order valence-electron chi connectivity index (χ2n) is 4.67. The first-order chi connectivity index (χ1) is 8.42. The average Bonchev–Trinajstić information content (AvgIpc) is 3.00. The summed E-state index contributed by atoms with van der Waals surface area (Å²) in [6.45, 7) is 3.37. The van der Waals surface area contributed by atoms with Gasteiger partial charge in [0.15, 0.2) is 0 Å². The molecule has 0 N–H and O–H groups in total. The molecule has 0 spiro atoms. The highest BCUT2D eigenvalue weighted by molar-refractivity contribution is 5.14. The molecule has 1 aliphatic heterocycles. The maximum Gasteiger partial charge on any atom is 0.0948 e. The number of rotatable bonds is 3. The van der Waals surface area contributed by atoms with E-state index in [9.17, 15) is 0 Å². The first kappa shape index (κ1) is 10.5. The minimum atomic E-state index is 0.598. The quantitative estimate of drug-likeness (QED) is 0.802. The van der Waals surface area contributed by atoms with Gasteiger partial charge in [-0.15, -0.1) is 0 Å². The van der Waals surface area contributed by atoms with E-state index in [1.807, 2.05) is 12.5 Å². The highest BCUT2D eigenvalue weighted by Gasteiger charge is 2.23. The third-order valence-electron chi connectivity index (χ3n) is 3.44. The molecule has 3 heteroatoms. The van der Waals surface area contributed by atoms with Gasteiger partial charge in [-0.2, -0.15) is 0 Å². The van der Waals surface area contributed by atoms with Crippen molar-refractivity contribution in [2.75, 3.05) is 13.1 Å². The van der Waals surface area contributed by atoms with Crippen LogP contribution in [0.4, 0.5) is 0 Å². The normalized spacial score (nSPS) is 20.8. The van der Waals surface area contributed by atoms with Crippen molar-refractivity contribution in [2.24, 2.45) is 0 Å². The lowest BCUT2D eigenvalue weighted by Crippen LogP contribution is -2.20. The Kier molecular flexibility index (Phi) is 2.92. The molecular weight excluding hydrogens is 210 g/mol. The third-order valence-corrected chi connectivity index (χ3v) is 3.44. The highest BCUT2D eigenvalue weighted by atomic mass is 15.2. The molecule has 0 amide bonds. The van der Waals surface area contributed by atoms with Crippen LogP contribution in [-0.2, 0) is 6.54 Å². The van der Waals surface area contributed by atoms with Crippen LogP contribution in [0.15, 0.2) is 49.1 Å². The molecule has 1 saturated heterocycles. The van der Waals surface area contributed by atoms with Crippen molar-refractivity contribution in [3.8, 4) is 0 Å². The zero-order valence-electron chi connectivity index (χ0n) is 9.87. The Morgan fingerprint density at radius 1 is 1.24 bits per heavy atom. The lowest BCUT2D eigenvalue weighted by molar-refractivity contribution is 0.316. The molecule has 1 fully saturated rings. The number of benzene rings is 1. The second-order valence-corrected chi connectivity index (χ2v) is 4.67. The molecule has 0 saturated carbocycles. The van der Waals surface area contributed by atoms with Gasteiger partial charge in [0.2, 0.25) is 0 Å². The molecule has 0 unspecified atom stereocenters. The second kappa shape index (κ2) is 4.72. The molecule has 17 heavy (non-hydrogen) atoms. The molecule has 1 aromatic carbocycles. The number of imidazole rings is 1. The van der Waals surface area contributed by atoms with Gasteiger partial charge in [-0.05, 0) is 12.0 Å². The molecule has 0 bridgehead atoms. The molecule has 1 atom stereocenters. The van der Waals surface area contributed by atoms with Crippen molar-refractivity contribution in [2.45, 2.75) is 19.0 Å². The standard InChI is InChI=1S/C14H17N3/c1-2-4-13(5-3-1)10-16-8-6-14(11-16)17-9-7-15-12-17/h1-5,7,9,12,14H,6,8,10-11H2/t14-/m0/s1. The Morgan fingerprint density at radius 3 is 2.88 bits per heavy atom. The van der Waals surface area contributed by atoms with Crippen LogP contribution >= 0.6 is 0 Å². The number of hydrogen-bond acceptors (Lipinski definition) is 2. The molecule has 3 nitrogen and oxygen atoms in total. The van der Waals surface area contributed by atoms with E-state index in [4.69, 9.17) is 0 Å². The summed E-state index contributed by atoms with van der Waals surface area (Å²) in [5, 5.41) is 0. The fourth-order valence-corrected chi connectivity index (χ4v) is 2.53. The topological polar surface area (TPSA) is 21.1 Å². The maximum atomic E-state index is 4.12. The Labute approximate surface area is 102 Å². The molecule has 2 aromatic rings. The molecule has 0 aliphatic carbocycles. The predicted molar refractivity (Wildman–Crippen MR) is 67.6 cm³/mol. The SMILES string of the molecule is c1ccc(CN2CC[C@H](n3ccnc3)C2)cc1. The fraction of sp³-hybridized carbons (Fsp3) is 0.357. The molecule has 2 heterocycles. The Morgan fingerprint density at radius 2 is 2.12 bits per heavy atom. The van der Waals surface area contributed by atoms with Crippen molar-refractivity contribution >= 4 is 0 Å². The summed E-state index contributed by atoms with van der Waals surface area (Å²) in [6.07, 6.45) is 7.08. The number of nitrogens with zero attached hydrogens (tertiary/aromatic N) is 3. The van der Waals surface area contributed by atoms with E-state index in [1.54, 1.807) is 0 Å². The van der Waals surface area contributed by atoms with E-state index in [0.29, 0.717) is 6.04 Å². The Hall–Kier alpha value is -1.61. The smallest absolute Gasteiger partial charge is 0.0948 e. The van der Waals surface area contributed by atoms with Crippen molar-refractivity contribution < 1.29 is 0 Å². The lowest BCUT2D eigenvalue weighted by atomic mass is 10.2. The number of aromatic nitrogens is 2. The zero-order valence-corrected chi connectivity index (χ0v) is 9.87. The molecule has 0 radical (unpaired) electrons. The molecule has 88 valence electrons. The minimum absolute atomic E-state index is 0.598. The predicted octanol–water partition coefficient (Wildman–Crippen LogP) is 2.33.